The minimum Gasteiger partial charge on any atom is -0.490 e. The molecule has 0 atom stereocenters. The van der Waals surface area contributed by atoms with Crippen LogP contribution in [0, 0.1) is 5.82 Å². The van der Waals surface area contributed by atoms with E-state index in [0.29, 0.717) is 30.2 Å². The van der Waals surface area contributed by atoms with Crippen molar-refractivity contribution in [1.82, 2.24) is 5.32 Å². The van der Waals surface area contributed by atoms with Crippen molar-refractivity contribution in [3.63, 3.8) is 0 Å². The second-order valence-electron chi connectivity index (χ2n) is 5.89. The summed E-state index contributed by atoms with van der Waals surface area (Å²) in [5.74, 6) is 0.975. The molecule has 1 N–H and O–H groups in total. The van der Waals surface area contributed by atoms with Crippen LogP contribution in [-0.4, -0.2) is 6.61 Å². The lowest BCUT2D eigenvalue weighted by Crippen LogP contribution is -2.12. The SMILES string of the molecule is CCOc1cc(CNCc2cccs2)c(Br)cc1OCc1ccccc1F. The van der Waals surface area contributed by atoms with Gasteiger partial charge in [0, 0.05) is 28.0 Å². The summed E-state index contributed by atoms with van der Waals surface area (Å²) < 4.78 is 26.3. The molecule has 0 saturated heterocycles. The van der Waals surface area contributed by atoms with Gasteiger partial charge in [-0.3, -0.25) is 0 Å². The zero-order valence-electron chi connectivity index (χ0n) is 15.0. The van der Waals surface area contributed by atoms with E-state index in [-0.39, 0.29) is 12.4 Å². The van der Waals surface area contributed by atoms with Crippen LogP contribution in [0.2, 0.25) is 0 Å². The molecule has 27 heavy (non-hydrogen) atoms. The number of rotatable bonds is 9. The minimum absolute atomic E-state index is 0.148. The van der Waals surface area contributed by atoms with E-state index in [1.165, 1.54) is 10.9 Å². The Balaban J connectivity index is 1.70. The number of hydrogen-bond acceptors (Lipinski definition) is 4. The third kappa shape index (κ3) is 5.54. The van der Waals surface area contributed by atoms with E-state index < -0.39 is 0 Å². The Morgan fingerprint density at radius 2 is 1.81 bits per heavy atom. The molecule has 0 saturated carbocycles. The predicted molar refractivity (Wildman–Crippen MR) is 111 cm³/mol. The fourth-order valence-corrected chi connectivity index (χ4v) is 3.74. The Labute approximate surface area is 171 Å². The number of nitrogens with one attached hydrogen (secondary N) is 1. The monoisotopic (exact) mass is 449 g/mol. The highest BCUT2D eigenvalue weighted by molar-refractivity contribution is 9.10. The second kappa shape index (κ2) is 9.88. The van der Waals surface area contributed by atoms with Gasteiger partial charge in [-0.05, 0) is 42.1 Å². The van der Waals surface area contributed by atoms with Crippen molar-refractivity contribution in [2.24, 2.45) is 0 Å². The standard InChI is InChI=1S/C21H21BrFNO2S/c1-2-25-20-10-16(12-24-13-17-7-5-9-27-17)18(22)11-21(20)26-14-15-6-3-4-8-19(15)23/h3-11,24H,2,12-14H2,1H3. The molecule has 142 valence electrons. The zero-order chi connectivity index (χ0) is 19.1. The van der Waals surface area contributed by atoms with Gasteiger partial charge in [0.25, 0.3) is 0 Å². The number of benzene rings is 2. The van der Waals surface area contributed by atoms with Crippen LogP contribution in [0.15, 0.2) is 58.4 Å². The van der Waals surface area contributed by atoms with E-state index in [9.17, 15) is 4.39 Å². The molecule has 0 radical (unpaired) electrons. The normalized spacial score (nSPS) is 10.8. The third-order valence-electron chi connectivity index (χ3n) is 3.95. The molecule has 0 spiro atoms. The maximum absolute atomic E-state index is 13.8. The fourth-order valence-electron chi connectivity index (χ4n) is 2.60. The summed E-state index contributed by atoms with van der Waals surface area (Å²) in [7, 11) is 0. The number of ether oxygens (including phenoxy) is 2. The summed E-state index contributed by atoms with van der Waals surface area (Å²) in [4.78, 5) is 1.29. The summed E-state index contributed by atoms with van der Waals surface area (Å²) in [5, 5.41) is 5.50. The quantitative estimate of drug-likeness (QED) is 0.439. The molecule has 0 aliphatic rings. The molecule has 6 heteroatoms. The van der Waals surface area contributed by atoms with Gasteiger partial charge in [-0.2, -0.15) is 0 Å². The first-order chi connectivity index (χ1) is 13.2. The molecule has 3 nitrogen and oxygen atoms in total. The van der Waals surface area contributed by atoms with Crippen LogP contribution in [0.3, 0.4) is 0 Å². The Bertz CT molecular complexity index is 871. The van der Waals surface area contributed by atoms with Gasteiger partial charge in [0.15, 0.2) is 11.5 Å². The average Bonchev–Trinajstić information content (AvgIpc) is 3.17. The molecule has 0 amide bonds. The highest BCUT2D eigenvalue weighted by Gasteiger charge is 2.12. The molecule has 0 fully saturated rings. The van der Waals surface area contributed by atoms with E-state index in [4.69, 9.17) is 9.47 Å². The first kappa shape index (κ1) is 19.9. The van der Waals surface area contributed by atoms with Crippen LogP contribution in [0.1, 0.15) is 22.9 Å². The van der Waals surface area contributed by atoms with Crippen LogP contribution >= 0.6 is 27.3 Å². The van der Waals surface area contributed by atoms with Gasteiger partial charge in [-0.25, -0.2) is 4.39 Å². The lowest BCUT2D eigenvalue weighted by Gasteiger charge is -2.15. The zero-order valence-corrected chi connectivity index (χ0v) is 17.4. The topological polar surface area (TPSA) is 30.5 Å². The van der Waals surface area contributed by atoms with E-state index in [1.54, 1.807) is 29.5 Å². The van der Waals surface area contributed by atoms with Gasteiger partial charge in [0.05, 0.1) is 6.61 Å². The molecule has 0 bridgehead atoms. The van der Waals surface area contributed by atoms with Gasteiger partial charge < -0.3 is 14.8 Å². The van der Waals surface area contributed by atoms with Crippen molar-refractivity contribution in [3.05, 3.63) is 80.2 Å². The van der Waals surface area contributed by atoms with Crippen LogP contribution in [0.25, 0.3) is 0 Å². The largest absolute Gasteiger partial charge is 0.490 e. The number of halogens is 2. The average molecular weight is 450 g/mol. The molecule has 0 unspecified atom stereocenters. The van der Waals surface area contributed by atoms with Gasteiger partial charge in [-0.15, -0.1) is 11.3 Å². The summed E-state index contributed by atoms with van der Waals surface area (Å²) in [6.07, 6.45) is 0. The molecule has 1 heterocycles. The van der Waals surface area contributed by atoms with Crippen molar-refractivity contribution in [2.75, 3.05) is 6.61 Å². The van der Waals surface area contributed by atoms with Gasteiger partial charge in [0.2, 0.25) is 0 Å². The molecule has 3 aromatic rings. The van der Waals surface area contributed by atoms with Crippen LogP contribution < -0.4 is 14.8 Å². The van der Waals surface area contributed by atoms with Crippen LogP contribution in [-0.2, 0) is 19.7 Å². The maximum atomic E-state index is 13.8. The molecular formula is C21H21BrFNO2S. The smallest absolute Gasteiger partial charge is 0.162 e. The molecule has 1 aromatic heterocycles. The molecule has 3 rings (SSSR count). The first-order valence-corrected chi connectivity index (χ1v) is 10.4. The summed E-state index contributed by atoms with van der Waals surface area (Å²) in [6.45, 7) is 4.12. The molecule has 0 aliphatic carbocycles. The highest BCUT2D eigenvalue weighted by atomic mass is 79.9. The summed E-state index contributed by atoms with van der Waals surface area (Å²) in [5.41, 5.74) is 1.59. The van der Waals surface area contributed by atoms with Crippen molar-refractivity contribution in [1.29, 1.82) is 0 Å². The van der Waals surface area contributed by atoms with E-state index in [0.717, 1.165) is 16.6 Å². The van der Waals surface area contributed by atoms with E-state index >= 15 is 0 Å². The predicted octanol–water partition coefficient (Wildman–Crippen LogP) is 5.92. The first-order valence-electron chi connectivity index (χ1n) is 8.72. The summed E-state index contributed by atoms with van der Waals surface area (Å²) in [6, 6.07) is 14.6. The second-order valence-corrected chi connectivity index (χ2v) is 7.77. The highest BCUT2D eigenvalue weighted by Crippen LogP contribution is 2.34. The van der Waals surface area contributed by atoms with E-state index in [1.807, 2.05) is 25.1 Å². The van der Waals surface area contributed by atoms with E-state index in [2.05, 4.69) is 32.7 Å². The fraction of sp³-hybridized carbons (Fsp3) is 0.238. The van der Waals surface area contributed by atoms with Gasteiger partial charge >= 0.3 is 0 Å². The van der Waals surface area contributed by atoms with Gasteiger partial charge in [-0.1, -0.05) is 40.2 Å². The molecular weight excluding hydrogens is 429 g/mol. The van der Waals surface area contributed by atoms with Crippen molar-refractivity contribution >= 4 is 27.3 Å². The third-order valence-corrected chi connectivity index (χ3v) is 5.56. The van der Waals surface area contributed by atoms with Crippen molar-refractivity contribution in [3.8, 4) is 11.5 Å². The van der Waals surface area contributed by atoms with Crippen molar-refractivity contribution < 1.29 is 13.9 Å². The Kier molecular flexibility index (Phi) is 7.26. The molecule has 0 aliphatic heterocycles. The van der Waals surface area contributed by atoms with Crippen molar-refractivity contribution in [2.45, 2.75) is 26.6 Å². The lowest BCUT2D eigenvalue weighted by molar-refractivity contribution is 0.265. The Morgan fingerprint density at radius 3 is 2.56 bits per heavy atom. The summed E-state index contributed by atoms with van der Waals surface area (Å²) >= 11 is 5.34. The Hall–Kier alpha value is -1.89. The van der Waals surface area contributed by atoms with Crippen LogP contribution in [0.4, 0.5) is 4.39 Å². The molecule has 2 aromatic carbocycles. The maximum Gasteiger partial charge on any atom is 0.162 e. The van der Waals surface area contributed by atoms with Gasteiger partial charge in [0.1, 0.15) is 12.4 Å². The number of thiophene rings is 1. The lowest BCUT2D eigenvalue weighted by atomic mass is 10.2. The minimum atomic E-state index is -0.274. The number of hydrogen-bond donors (Lipinski definition) is 1. The van der Waals surface area contributed by atoms with Crippen LogP contribution in [0.5, 0.6) is 11.5 Å². The Morgan fingerprint density at radius 1 is 1.00 bits per heavy atom.